The molecule has 0 aromatic heterocycles. The average molecular weight is 282 g/mol. The summed E-state index contributed by atoms with van der Waals surface area (Å²) in [5, 5.41) is 12.1. The summed E-state index contributed by atoms with van der Waals surface area (Å²) >= 11 is 0. The SMILES string of the molecule is C=C1NC(=O)C(C)=CN1[C@H]1CC(OCCC)[C@@H](CO)O1. The van der Waals surface area contributed by atoms with Crippen LogP contribution in [0.2, 0.25) is 0 Å². The number of nitrogens with one attached hydrogen (secondary N) is 1. The molecule has 0 spiro atoms. The number of carbonyl (C=O) groups is 1. The van der Waals surface area contributed by atoms with E-state index >= 15 is 0 Å². The molecule has 0 saturated carbocycles. The van der Waals surface area contributed by atoms with Crippen molar-refractivity contribution < 1.29 is 19.4 Å². The summed E-state index contributed by atoms with van der Waals surface area (Å²) in [5.74, 6) is 0.333. The minimum atomic E-state index is -0.342. The summed E-state index contributed by atoms with van der Waals surface area (Å²) in [5.41, 5.74) is 0.597. The van der Waals surface area contributed by atoms with E-state index in [-0.39, 0.29) is 30.9 Å². The molecule has 2 N–H and O–H groups in total. The highest BCUT2D eigenvalue weighted by atomic mass is 16.6. The second-order valence-corrected chi connectivity index (χ2v) is 5.08. The zero-order chi connectivity index (χ0) is 14.7. The summed E-state index contributed by atoms with van der Waals surface area (Å²) in [6.07, 6.45) is 2.52. The molecular formula is C14H22N2O4. The van der Waals surface area contributed by atoms with E-state index in [0.717, 1.165) is 6.42 Å². The first-order valence-electron chi connectivity index (χ1n) is 6.91. The molecule has 0 bridgehead atoms. The van der Waals surface area contributed by atoms with Crippen LogP contribution in [0.15, 0.2) is 24.2 Å². The third-order valence-electron chi connectivity index (χ3n) is 3.47. The van der Waals surface area contributed by atoms with Crippen LogP contribution in [0.5, 0.6) is 0 Å². The van der Waals surface area contributed by atoms with Gasteiger partial charge in [0.1, 0.15) is 18.2 Å². The first-order valence-corrected chi connectivity index (χ1v) is 6.91. The number of amides is 1. The molecule has 2 aliphatic heterocycles. The molecule has 2 heterocycles. The molecule has 20 heavy (non-hydrogen) atoms. The van der Waals surface area contributed by atoms with Gasteiger partial charge in [-0.15, -0.1) is 0 Å². The van der Waals surface area contributed by atoms with Gasteiger partial charge >= 0.3 is 0 Å². The number of rotatable bonds is 5. The summed E-state index contributed by atoms with van der Waals surface area (Å²) in [4.78, 5) is 13.3. The molecule has 2 aliphatic rings. The lowest BCUT2D eigenvalue weighted by Crippen LogP contribution is -2.42. The molecular weight excluding hydrogens is 260 g/mol. The smallest absolute Gasteiger partial charge is 0.253 e. The number of carbonyl (C=O) groups excluding carboxylic acids is 1. The van der Waals surface area contributed by atoms with Gasteiger partial charge in [0.05, 0.1) is 12.7 Å². The van der Waals surface area contributed by atoms with Crippen molar-refractivity contribution in [3.05, 3.63) is 24.2 Å². The maximum atomic E-state index is 11.5. The molecule has 6 nitrogen and oxygen atoms in total. The van der Waals surface area contributed by atoms with Gasteiger partial charge in [-0.3, -0.25) is 4.79 Å². The number of nitrogens with zero attached hydrogens (tertiary/aromatic N) is 1. The Morgan fingerprint density at radius 2 is 2.40 bits per heavy atom. The minimum absolute atomic E-state index is 0.0831. The summed E-state index contributed by atoms with van der Waals surface area (Å²) < 4.78 is 11.5. The van der Waals surface area contributed by atoms with Crippen LogP contribution in [0.25, 0.3) is 0 Å². The van der Waals surface area contributed by atoms with E-state index in [1.54, 1.807) is 18.0 Å². The Morgan fingerprint density at radius 1 is 1.65 bits per heavy atom. The van der Waals surface area contributed by atoms with Crippen LogP contribution < -0.4 is 5.32 Å². The Bertz CT molecular complexity index is 421. The van der Waals surface area contributed by atoms with Crippen LogP contribution in [0.1, 0.15) is 26.7 Å². The van der Waals surface area contributed by atoms with Crippen LogP contribution in [0, 0.1) is 0 Å². The van der Waals surface area contributed by atoms with Crippen LogP contribution in [0.4, 0.5) is 0 Å². The molecule has 2 rings (SSSR count). The highest BCUT2D eigenvalue weighted by Crippen LogP contribution is 2.29. The molecule has 0 aromatic rings. The zero-order valence-electron chi connectivity index (χ0n) is 12.0. The van der Waals surface area contributed by atoms with Crippen molar-refractivity contribution in [1.82, 2.24) is 10.2 Å². The molecule has 3 atom stereocenters. The second-order valence-electron chi connectivity index (χ2n) is 5.08. The van der Waals surface area contributed by atoms with E-state index in [1.807, 2.05) is 6.92 Å². The Labute approximate surface area is 119 Å². The molecule has 1 amide bonds. The molecule has 112 valence electrons. The number of hydrogen-bond donors (Lipinski definition) is 2. The van der Waals surface area contributed by atoms with Gasteiger partial charge in [-0.05, 0) is 13.3 Å². The number of aliphatic hydroxyl groups excluding tert-OH is 1. The number of aliphatic hydroxyl groups is 1. The van der Waals surface area contributed by atoms with Crippen molar-refractivity contribution in [3.63, 3.8) is 0 Å². The normalized spacial score (nSPS) is 30.4. The largest absolute Gasteiger partial charge is 0.394 e. The van der Waals surface area contributed by atoms with Crippen LogP contribution in [0.3, 0.4) is 0 Å². The highest BCUT2D eigenvalue weighted by molar-refractivity contribution is 5.94. The fraction of sp³-hybridized carbons (Fsp3) is 0.643. The van der Waals surface area contributed by atoms with E-state index in [1.165, 1.54) is 0 Å². The predicted molar refractivity (Wildman–Crippen MR) is 73.3 cm³/mol. The third-order valence-corrected chi connectivity index (χ3v) is 3.47. The van der Waals surface area contributed by atoms with Crippen molar-refractivity contribution >= 4 is 5.91 Å². The maximum absolute atomic E-state index is 11.5. The maximum Gasteiger partial charge on any atom is 0.253 e. The second kappa shape index (κ2) is 6.39. The first kappa shape index (κ1) is 15.0. The Kier molecular flexibility index (Phi) is 4.80. The van der Waals surface area contributed by atoms with Crippen molar-refractivity contribution in [2.75, 3.05) is 13.2 Å². The third kappa shape index (κ3) is 3.03. The fourth-order valence-electron chi connectivity index (χ4n) is 2.38. The lowest BCUT2D eigenvalue weighted by Gasteiger charge is -2.32. The van der Waals surface area contributed by atoms with Gasteiger partial charge in [-0.2, -0.15) is 0 Å². The Morgan fingerprint density at radius 3 is 3.05 bits per heavy atom. The van der Waals surface area contributed by atoms with E-state index in [9.17, 15) is 9.90 Å². The minimum Gasteiger partial charge on any atom is -0.394 e. The Hall–Kier alpha value is -1.37. The van der Waals surface area contributed by atoms with Crippen molar-refractivity contribution in [2.45, 2.75) is 45.1 Å². The first-order chi connectivity index (χ1) is 9.56. The van der Waals surface area contributed by atoms with E-state index < -0.39 is 0 Å². The molecule has 0 aliphatic carbocycles. The van der Waals surface area contributed by atoms with Crippen LogP contribution in [-0.2, 0) is 14.3 Å². The zero-order valence-corrected chi connectivity index (χ0v) is 12.0. The van der Waals surface area contributed by atoms with E-state index in [0.29, 0.717) is 24.4 Å². The molecule has 6 heteroatoms. The van der Waals surface area contributed by atoms with Gasteiger partial charge in [0, 0.05) is 24.8 Å². The van der Waals surface area contributed by atoms with Crippen molar-refractivity contribution in [1.29, 1.82) is 0 Å². The lowest BCUT2D eigenvalue weighted by atomic mass is 10.1. The van der Waals surface area contributed by atoms with E-state index in [2.05, 4.69) is 11.9 Å². The van der Waals surface area contributed by atoms with Gasteiger partial charge in [0.25, 0.3) is 5.91 Å². The van der Waals surface area contributed by atoms with Gasteiger partial charge < -0.3 is 24.8 Å². The van der Waals surface area contributed by atoms with E-state index in [4.69, 9.17) is 9.47 Å². The number of hydrogen-bond acceptors (Lipinski definition) is 5. The molecule has 1 saturated heterocycles. The number of ether oxygens (including phenoxy) is 2. The van der Waals surface area contributed by atoms with Gasteiger partial charge in [-0.1, -0.05) is 13.5 Å². The molecule has 0 aromatic carbocycles. The van der Waals surface area contributed by atoms with Crippen molar-refractivity contribution in [2.24, 2.45) is 0 Å². The molecule has 1 unspecified atom stereocenters. The van der Waals surface area contributed by atoms with Crippen LogP contribution >= 0.6 is 0 Å². The van der Waals surface area contributed by atoms with Gasteiger partial charge in [-0.25, -0.2) is 0 Å². The standard InChI is InChI=1S/C14H22N2O4/c1-4-5-19-11-6-13(20-12(11)8-17)16-7-9(2)14(18)15-10(16)3/h7,11-13,17H,3-6,8H2,1-2H3,(H,15,18)/t11?,12-,13-/m1/s1. The topological polar surface area (TPSA) is 71.0 Å². The quantitative estimate of drug-likeness (QED) is 0.776. The summed E-state index contributed by atoms with van der Waals surface area (Å²) in [6.45, 7) is 8.16. The lowest BCUT2D eigenvalue weighted by molar-refractivity contribution is -0.118. The Balaban J connectivity index is 2.06. The fourth-order valence-corrected chi connectivity index (χ4v) is 2.38. The monoisotopic (exact) mass is 282 g/mol. The van der Waals surface area contributed by atoms with Crippen molar-refractivity contribution in [3.8, 4) is 0 Å². The highest BCUT2D eigenvalue weighted by Gasteiger charge is 2.39. The molecule has 1 fully saturated rings. The van der Waals surface area contributed by atoms with Gasteiger partial charge in [0.2, 0.25) is 0 Å². The van der Waals surface area contributed by atoms with Crippen LogP contribution in [-0.4, -0.2) is 47.6 Å². The average Bonchev–Trinajstić information content (AvgIpc) is 2.83. The summed E-state index contributed by atoms with van der Waals surface area (Å²) in [6, 6.07) is 0. The molecule has 0 radical (unpaired) electrons. The summed E-state index contributed by atoms with van der Waals surface area (Å²) in [7, 11) is 0. The van der Waals surface area contributed by atoms with Gasteiger partial charge in [0.15, 0.2) is 0 Å². The predicted octanol–water partition coefficient (Wildman–Crippen LogP) is 0.696.